The minimum atomic E-state index is -5.17. The lowest BCUT2D eigenvalue weighted by atomic mass is 9.95. The van der Waals surface area contributed by atoms with Gasteiger partial charge in [0.1, 0.15) is 54.3 Å². The first-order valence-corrected chi connectivity index (χ1v) is 23.6. The number of phenols is 1. The summed E-state index contributed by atoms with van der Waals surface area (Å²) in [6.45, 7) is 3.35. The number of piperidine rings is 1. The lowest BCUT2D eigenvalue weighted by molar-refractivity contribution is -0.165. The number of aliphatic hydroxyl groups excluding tert-OH is 2. The van der Waals surface area contributed by atoms with Gasteiger partial charge in [-0.25, -0.2) is 9.36 Å². The molecule has 3 aromatic rings. The summed E-state index contributed by atoms with van der Waals surface area (Å²) in [5.74, 6) is -7.74. The molecule has 0 aromatic heterocycles. The monoisotopic (exact) mass is 966 g/mol. The van der Waals surface area contributed by atoms with Crippen molar-refractivity contribution in [1.82, 2.24) is 31.1 Å². The van der Waals surface area contributed by atoms with E-state index in [2.05, 4.69) is 25.8 Å². The molecule has 0 radical (unpaired) electrons. The topological polar surface area (TPSA) is 311 Å². The van der Waals surface area contributed by atoms with E-state index < -0.39 is 116 Å². The second-order valence-electron chi connectivity index (χ2n) is 17.0. The van der Waals surface area contributed by atoms with Gasteiger partial charge in [0.05, 0.1) is 6.61 Å². The Morgan fingerprint density at radius 3 is 1.97 bits per heavy atom. The Morgan fingerprint density at radius 2 is 1.38 bits per heavy atom. The van der Waals surface area contributed by atoms with E-state index in [-0.39, 0.29) is 44.3 Å². The van der Waals surface area contributed by atoms with Crippen LogP contribution in [-0.4, -0.2) is 145 Å². The molecular weight excluding hydrogens is 908 g/mol. The summed E-state index contributed by atoms with van der Waals surface area (Å²) < 4.78 is 21.4. The van der Waals surface area contributed by atoms with Crippen LogP contribution in [0.4, 0.5) is 0 Å². The van der Waals surface area contributed by atoms with Gasteiger partial charge in [-0.3, -0.25) is 33.3 Å². The number of hydrogen-bond acceptors (Lipinski definition) is 13. The number of hydrogen-bond donors (Lipinski definition) is 9. The van der Waals surface area contributed by atoms with E-state index in [1.54, 1.807) is 74.5 Å². The average molecular weight is 967 g/mol. The van der Waals surface area contributed by atoms with Crippen LogP contribution in [0.25, 0.3) is 0 Å². The number of rotatable bonds is 13. The van der Waals surface area contributed by atoms with Gasteiger partial charge in [0.2, 0.25) is 29.5 Å². The van der Waals surface area contributed by atoms with E-state index in [9.17, 15) is 48.7 Å². The minimum Gasteiger partial charge on any atom is -0.508 e. The number of phosphoric ester groups is 1. The van der Waals surface area contributed by atoms with Crippen molar-refractivity contribution in [3.8, 4) is 5.75 Å². The third-order valence-electron chi connectivity index (χ3n) is 12.0. The van der Waals surface area contributed by atoms with E-state index in [1.165, 1.54) is 38.2 Å². The lowest BCUT2D eigenvalue weighted by Crippen LogP contribution is -2.65. The fourth-order valence-electron chi connectivity index (χ4n) is 7.92. The number of nitrogens with one attached hydrogen (secondary N) is 4. The van der Waals surface area contributed by atoms with Gasteiger partial charge in [-0.05, 0) is 54.5 Å². The van der Waals surface area contributed by atoms with Gasteiger partial charge in [-0.2, -0.15) is 0 Å². The second kappa shape index (κ2) is 23.7. The number of esters is 1. The number of phosphoric acid groups is 1. The molecule has 2 heterocycles. The van der Waals surface area contributed by atoms with Gasteiger partial charge >= 0.3 is 13.8 Å². The van der Waals surface area contributed by atoms with Crippen LogP contribution < -0.4 is 21.3 Å². The van der Waals surface area contributed by atoms with Crippen molar-refractivity contribution in [3.05, 3.63) is 102 Å². The van der Waals surface area contributed by atoms with Crippen LogP contribution in [0.15, 0.2) is 84.9 Å². The highest BCUT2D eigenvalue weighted by Crippen LogP contribution is 2.35. The number of nitrogens with zero attached hydrogens (tertiary/aromatic N) is 2. The first-order valence-electron chi connectivity index (χ1n) is 22.1. The van der Waals surface area contributed by atoms with Crippen LogP contribution in [0.5, 0.6) is 5.75 Å². The highest BCUT2D eigenvalue weighted by Gasteiger charge is 2.46. The third kappa shape index (κ3) is 14.2. The summed E-state index contributed by atoms with van der Waals surface area (Å²) in [4.78, 5) is 121. The maximum absolute atomic E-state index is 15.1. The molecule has 22 heteroatoms. The number of aromatic hydroxyl groups is 1. The fraction of sp³-hybridized carbons (Fsp3) is 0.457. The van der Waals surface area contributed by atoms with Gasteiger partial charge < -0.3 is 60.9 Å². The molecule has 21 nitrogen and oxygen atoms in total. The number of amides is 6. The highest BCUT2D eigenvalue weighted by atomic mass is 31.2. The summed E-state index contributed by atoms with van der Waals surface area (Å²) in [6.07, 6.45) is -5.87. The van der Waals surface area contributed by atoms with Crippen molar-refractivity contribution in [2.24, 2.45) is 5.92 Å². The van der Waals surface area contributed by atoms with Crippen LogP contribution in [0.1, 0.15) is 56.7 Å². The average Bonchev–Trinajstić information content (AvgIpc) is 3.30. The van der Waals surface area contributed by atoms with Crippen LogP contribution >= 0.6 is 7.82 Å². The molecule has 368 valence electrons. The van der Waals surface area contributed by atoms with Gasteiger partial charge in [-0.1, -0.05) is 93.1 Å². The Hall–Kier alpha value is -6.22. The van der Waals surface area contributed by atoms with Crippen LogP contribution in [0, 0.1) is 5.92 Å². The summed E-state index contributed by atoms with van der Waals surface area (Å²) in [7, 11) is -3.83. The first kappa shape index (κ1) is 52.7. The molecule has 2 aliphatic heterocycles. The van der Waals surface area contributed by atoms with Crippen molar-refractivity contribution in [2.45, 2.75) is 114 Å². The van der Waals surface area contributed by atoms with Crippen molar-refractivity contribution in [3.63, 3.8) is 0 Å². The largest absolute Gasteiger partial charge is 0.508 e. The SMILES string of the molecule is CC[C@H](C)C1NC(=O)[C@H](Cc2ccc(O)cc2)N(C)C(=O)[C@H](Cc2ccccc2)N2C(=O)[C@H](CC[C@H]2O)NC(=O)C(Cc2ccccc2)NC(=O)[C@@H](NC(=O)[C@@H](O)COP(=O)(O)O)[C@H](C)OC1=O. The molecular formula is C46H59N6O15P. The van der Waals surface area contributed by atoms with Crippen molar-refractivity contribution < 1.29 is 72.5 Å². The summed E-state index contributed by atoms with van der Waals surface area (Å²) in [6, 6.07) is 13.7. The summed E-state index contributed by atoms with van der Waals surface area (Å²) in [5, 5.41) is 42.2. The van der Waals surface area contributed by atoms with E-state index in [4.69, 9.17) is 14.5 Å². The van der Waals surface area contributed by atoms with Crippen molar-refractivity contribution in [2.75, 3.05) is 13.7 Å². The van der Waals surface area contributed by atoms with Gasteiger partial charge in [-0.15, -0.1) is 0 Å². The smallest absolute Gasteiger partial charge is 0.469 e. The Bertz CT molecular complexity index is 2300. The Balaban J connectivity index is 1.64. The predicted molar refractivity (Wildman–Crippen MR) is 241 cm³/mol. The number of phenolic OH excluding ortho intramolecular Hbond substituents is 1. The first-order chi connectivity index (χ1) is 32.2. The maximum Gasteiger partial charge on any atom is 0.469 e. The van der Waals surface area contributed by atoms with E-state index in [1.807, 2.05) is 0 Å². The van der Waals surface area contributed by atoms with Gasteiger partial charge in [0.25, 0.3) is 5.91 Å². The molecule has 3 aromatic carbocycles. The molecule has 2 bridgehead atoms. The van der Waals surface area contributed by atoms with Gasteiger partial charge in [0.15, 0.2) is 6.10 Å². The van der Waals surface area contributed by atoms with Crippen LogP contribution in [0.2, 0.25) is 0 Å². The third-order valence-corrected chi connectivity index (χ3v) is 12.5. The number of likely N-dealkylation sites (N-methyl/N-ethyl adjacent to an activating group) is 1. The molecule has 6 amide bonds. The maximum atomic E-state index is 15.1. The van der Waals surface area contributed by atoms with Crippen LogP contribution in [0.3, 0.4) is 0 Å². The number of carbonyl (C=O) groups excluding carboxylic acids is 7. The van der Waals surface area contributed by atoms with Gasteiger partial charge in [0, 0.05) is 26.3 Å². The Kier molecular flexibility index (Phi) is 18.4. The molecule has 2 saturated heterocycles. The zero-order valence-electron chi connectivity index (χ0n) is 38.0. The molecule has 10 atom stereocenters. The van der Waals surface area contributed by atoms with Crippen LogP contribution in [-0.2, 0) is 66.6 Å². The number of carbonyl (C=O) groups is 7. The van der Waals surface area contributed by atoms with E-state index in [0.29, 0.717) is 16.7 Å². The second-order valence-corrected chi connectivity index (χ2v) is 18.2. The molecule has 2 fully saturated rings. The minimum absolute atomic E-state index is 0.0717. The summed E-state index contributed by atoms with van der Waals surface area (Å²) in [5.41, 5.74) is 1.61. The molecule has 5 rings (SSSR count). The number of fused-ring (bicyclic) bond motifs is 2. The molecule has 0 aliphatic carbocycles. The standard InChI is InChI=1S/C46H59N6O15P/c1-5-26(2)38-46(62)67-27(3)39(50-42(58)36(54)25-66-68(63,64)65)43(59)48-33(22-28-12-8-6-9-13-28)40(56)47-32-20-21-37(55)52(44(32)60)35(24-29-14-10-7-11-15-29)45(61)51(4)34(41(57)49-38)23-30-16-18-31(53)19-17-30/h6-19,26-27,32-39,53-55H,5,20-25H2,1-4H3,(H,47,56)(H,48,59)(H,49,57)(H,50,58)(H2,63,64,65)/t26-,27-,32-,33?,34-,35-,36-,37+,38?,39-/m0/s1. The highest BCUT2D eigenvalue weighted by molar-refractivity contribution is 7.46. The zero-order valence-corrected chi connectivity index (χ0v) is 38.9. The Labute approximate surface area is 392 Å². The normalized spacial score (nSPS) is 25.6. The van der Waals surface area contributed by atoms with E-state index >= 15 is 4.79 Å². The quantitative estimate of drug-likeness (QED) is 0.0802. The van der Waals surface area contributed by atoms with E-state index in [0.717, 1.165) is 9.80 Å². The lowest BCUT2D eigenvalue weighted by Gasteiger charge is -2.43. The predicted octanol–water partition coefficient (Wildman–Crippen LogP) is -0.0427. The molecule has 2 aliphatic rings. The summed E-state index contributed by atoms with van der Waals surface area (Å²) >= 11 is 0. The number of ether oxygens (including phenoxy) is 1. The van der Waals surface area contributed by atoms with Crippen molar-refractivity contribution in [1.29, 1.82) is 0 Å². The Morgan fingerprint density at radius 1 is 0.809 bits per heavy atom. The number of cyclic esters (lactones) is 1. The molecule has 0 saturated carbocycles. The molecule has 68 heavy (non-hydrogen) atoms. The molecule has 2 unspecified atom stereocenters. The molecule has 0 spiro atoms. The fourth-order valence-corrected chi connectivity index (χ4v) is 8.25. The van der Waals surface area contributed by atoms with Crippen molar-refractivity contribution >= 4 is 49.2 Å². The zero-order chi connectivity index (χ0) is 49.9. The molecule has 9 N–H and O–H groups in total. The number of aliphatic hydroxyl groups is 2. The number of benzene rings is 3.